The standard InChI is InChI=1S/C13H20FNO/c1-3-16-10-4-5-13(15-2)11-6-8-12(14)9-7-11/h6-9,13,15H,3-5,10H2,1-2H3. The molecule has 0 spiro atoms. The van der Waals surface area contributed by atoms with Crippen LogP contribution in [0.3, 0.4) is 0 Å². The van der Waals surface area contributed by atoms with Crippen LogP contribution in [0.25, 0.3) is 0 Å². The molecule has 3 heteroatoms. The molecule has 0 aliphatic heterocycles. The number of halogens is 1. The van der Waals surface area contributed by atoms with Crippen molar-refractivity contribution in [3.05, 3.63) is 35.6 Å². The van der Waals surface area contributed by atoms with E-state index in [4.69, 9.17) is 4.74 Å². The first-order valence-corrected chi connectivity index (χ1v) is 5.78. The van der Waals surface area contributed by atoms with Gasteiger partial charge in [-0.15, -0.1) is 0 Å². The molecule has 1 rings (SSSR count). The first-order valence-electron chi connectivity index (χ1n) is 5.78. The summed E-state index contributed by atoms with van der Waals surface area (Å²) in [6.07, 6.45) is 2.01. The molecule has 16 heavy (non-hydrogen) atoms. The predicted molar refractivity (Wildman–Crippen MR) is 63.9 cm³/mol. The van der Waals surface area contributed by atoms with Crippen molar-refractivity contribution in [1.29, 1.82) is 0 Å². The molecule has 1 atom stereocenters. The van der Waals surface area contributed by atoms with Gasteiger partial charge in [-0.3, -0.25) is 0 Å². The van der Waals surface area contributed by atoms with Gasteiger partial charge in [0.05, 0.1) is 0 Å². The fourth-order valence-electron chi connectivity index (χ4n) is 1.71. The van der Waals surface area contributed by atoms with Gasteiger partial charge >= 0.3 is 0 Å². The lowest BCUT2D eigenvalue weighted by Gasteiger charge is -2.16. The summed E-state index contributed by atoms with van der Waals surface area (Å²) in [5.41, 5.74) is 1.13. The molecule has 0 saturated carbocycles. The molecule has 0 aliphatic carbocycles. The van der Waals surface area contributed by atoms with Crippen LogP contribution in [0.1, 0.15) is 31.4 Å². The molecular weight excluding hydrogens is 205 g/mol. The Morgan fingerprint density at radius 2 is 2.00 bits per heavy atom. The van der Waals surface area contributed by atoms with E-state index in [-0.39, 0.29) is 11.9 Å². The molecule has 0 heterocycles. The van der Waals surface area contributed by atoms with Crippen LogP contribution < -0.4 is 5.32 Å². The number of hydrogen-bond donors (Lipinski definition) is 1. The molecule has 0 amide bonds. The molecule has 2 nitrogen and oxygen atoms in total. The van der Waals surface area contributed by atoms with Crippen LogP contribution in [-0.4, -0.2) is 20.3 Å². The Labute approximate surface area is 96.8 Å². The molecule has 1 unspecified atom stereocenters. The summed E-state index contributed by atoms with van der Waals surface area (Å²) in [5, 5.41) is 3.24. The van der Waals surface area contributed by atoms with E-state index in [1.807, 2.05) is 26.1 Å². The van der Waals surface area contributed by atoms with Gasteiger partial charge in [-0.2, -0.15) is 0 Å². The molecular formula is C13H20FNO. The summed E-state index contributed by atoms with van der Waals surface area (Å²) in [4.78, 5) is 0. The molecule has 0 saturated heterocycles. The lowest BCUT2D eigenvalue weighted by molar-refractivity contribution is 0.141. The minimum atomic E-state index is -0.187. The molecule has 1 aromatic rings. The first-order chi connectivity index (χ1) is 7.77. The molecule has 1 aromatic carbocycles. The fourth-order valence-corrected chi connectivity index (χ4v) is 1.71. The number of rotatable bonds is 7. The van der Waals surface area contributed by atoms with Gasteiger partial charge in [0.1, 0.15) is 5.82 Å². The zero-order valence-corrected chi connectivity index (χ0v) is 10.0. The SMILES string of the molecule is CCOCCCC(NC)c1ccc(F)cc1. The van der Waals surface area contributed by atoms with Crippen LogP contribution in [0.4, 0.5) is 4.39 Å². The van der Waals surface area contributed by atoms with Crippen molar-refractivity contribution in [2.75, 3.05) is 20.3 Å². The van der Waals surface area contributed by atoms with Crippen LogP contribution in [0.2, 0.25) is 0 Å². The normalized spacial score (nSPS) is 12.7. The summed E-state index contributed by atoms with van der Waals surface area (Å²) in [7, 11) is 1.93. The van der Waals surface area contributed by atoms with Crippen molar-refractivity contribution in [3.63, 3.8) is 0 Å². The molecule has 0 aromatic heterocycles. The Balaban J connectivity index is 2.44. The highest BCUT2D eigenvalue weighted by Gasteiger charge is 2.08. The highest BCUT2D eigenvalue weighted by atomic mass is 19.1. The average Bonchev–Trinajstić information content (AvgIpc) is 2.31. The summed E-state index contributed by atoms with van der Waals surface area (Å²) < 4.78 is 18.1. The Bertz CT molecular complexity index is 286. The van der Waals surface area contributed by atoms with E-state index in [0.29, 0.717) is 0 Å². The zero-order valence-electron chi connectivity index (χ0n) is 10.0. The van der Waals surface area contributed by atoms with Crippen molar-refractivity contribution in [1.82, 2.24) is 5.32 Å². The van der Waals surface area contributed by atoms with Gasteiger partial charge in [-0.1, -0.05) is 12.1 Å². The number of nitrogens with one attached hydrogen (secondary N) is 1. The maximum Gasteiger partial charge on any atom is 0.123 e. The van der Waals surface area contributed by atoms with E-state index < -0.39 is 0 Å². The lowest BCUT2D eigenvalue weighted by atomic mass is 10.0. The lowest BCUT2D eigenvalue weighted by Crippen LogP contribution is -2.17. The van der Waals surface area contributed by atoms with E-state index in [1.54, 1.807) is 0 Å². The third-order valence-corrected chi connectivity index (χ3v) is 2.61. The molecule has 0 bridgehead atoms. The first kappa shape index (κ1) is 13.1. The van der Waals surface area contributed by atoms with E-state index in [2.05, 4.69) is 5.32 Å². The van der Waals surface area contributed by atoms with Crippen LogP contribution in [0, 0.1) is 5.82 Å². The minimum Gasteiger partial charge on any atom is -0.382 e. The second-order valence-electron chi connectivity index (χ2n) is 3.73. The van der Waals surface area contributed by atoms with Crippen LogP contribution in [0.5, 0.6) is 0 Å². The monoisotopic (exact) mass is 225 g/mol. The summed E-state index contributed by atoms with van der Waals surface area (Å²) in [6, 6.07) is 6.94. The van der Waals surface area contributed by atoms with E-state index in [9.17, 15) is 4.39 Å². The topological polar surface area (TPSA) is 21.3 Å². The molecule has 0 fully saturated rings. The van der Waals surface area contributed by atoms with Crippen molar-refractivity contribution in [3.8, 4) is 0 Å². The predicted octanol–water partition coefficient (Wildman–Crippen LogP) is 2.90. The smallest absolute Gasteiger partial charge is 0.123 e. The quantitative estimate of drug-likeness (QED) is 0.720. The van der Waals surface area contributed by atoms with Crippen LogP contribution >= 0.6 is 0 Å². The maximum absolute atomic E-state index is 12.8. The van der Waals surface area contributed by atoms with Gasteiger partial charge in [-0.25, -0.2) is 4.39 Å². The average molecular weight is 225 g/mol. The highest BCUT2D eigenvalue weighted by Crippen LogP contribution is 2.18. The Morgan fingerprint density at radius 3 is 2.56 bits per heavy atom. The molecule has 90 valence electrons. The van der Waals surface area contributed by atoms with Crippen molar-refractivity contribution < 1.29 is 9.13 Å². The molecule has 0 radical (unpaired) electrons. The van der Waals surface area contributed by atoms with Gasteiger partial charge in [0.15, 0.2) is 0 Å². The zero-order chi connectivity index (χ0) is 11.8. The third-order valence-electron chi connectivity index (χ3n) is 2.61. The Morgan fingerprint density at radius 1 is 1.31 bits per heavy atom. The molecule has 0 aliphatic rings. The second-order valence-corrected chi connectivity index (χ2v) is 3.73. The highest BCUT2D eigenvalue weighted by molar-refractivity contribution is 5.19. The summed E-state index contributed by atoms with van der Waals surface area (Å²) in [6.45, 7) is 3.55. The van der Waals surface area contributed by atoms with Gasteiger partial charge in [0, 0.05) is 19.3 Å². The van der Waals surface area contributed by atoms with Gasteiger partial charge in [0.2, 0.25) is 0 Å². The number of benzene rings is 1. The van der Waals surface area contributed by atoms with Crippen molar-refractivity contribution in [2.24, 2.45) is 0 Å². The fraction of sp³-hybridized carbons (Fsp3) is 0.538. The maximum atomic E-state index is 12.8. The van der Waals surface area contributed by atoms with E-state index in [0.717, 1.165) is 31.6 Å². The van der Waals surface area contributed by atoms with Gasteiger partial charge in [0.25, 0.3) is 0 Å². The number of ether oxygens (including phenoxy) is 1. The minimum absolute atomic E-state index is 0.187. The van der Waals surface area contributed by atoms with Gasteiger partial charge in [-0.05, 0) is 44.5 Å². The number of hydrogen-bond acceptors (Lipinski definition) is 2. The summed E-state index contributed by atoms with van der Waals surface area (Å²) in [5.74, 6) is -0.187. The van der Waals surface area contributed by atoms with Gasteiger partial charge < -0.3 is 10.1 Å². The van der Waals surface area contributed by atoms with Crippen LogP contribution in [0.15, 0.2) is 24.3 Å². The van der Waals surface area contributed by atoms with E-state index in [1.165, 1.54) is 12.1 Å². The van der Waals surface area contributed by atoms with Crippen molar-refractivity contribution in [2.45, 2.75) is 25.8 Å². The molecule has 1 N–H and O–H groups in total. The third kappa shape index (κ3) is 4.29. The van der Waals surface area contributed by atoms with E-state index >= 15 is 0 Å². The second kappa shape index (κ2) is 7.36. The van der Waals surface area contributed by atoms with Crippen LogP contribution in [-0.2, 0) is 4.74 Å². The largest absolute Gasteiger partial charge is 0.382 e. The Hall–Kier alpha value is -0.930. The Kier molecular flexibility index (Phi) is 6.04. The van der Waals surface area contributed by atoms with Crippen molar-refractivity contribution >= 4 is 0 Å². The summed E-state index contributed by atoms with van der Waals surface area (Å²) >= 11 is 0.